The number of benzene rings is 1. The summed E-state index contributed by atoms with van der Waals surface area (Å²) in [4.78, 5) is 26.9. The number of ether oxygens (including phenoxy) is 1. The summed E-state index contributed by atoms with van der Waals surface area (Å²) in [6, 6.07) is 8.92. The predicted molar refractivity (Wildman–Crippen MR) is 96.2 cm³/mol. The number of likely N-dealkylation sites (tertiary alicyclic amines) is 1. The average Bonchev–Trinajstić information content (AvgIpc) is 3.11. The second-order valence-electron chi connectivity index (χ2n) is 6.63. The van der Waals surface area contributed by atoms with E-state index in [1.807, 2.05) is 26.0 Å². The van der Waals surface area contributed by atoms with E-state index in [9.17, 15) is 4.79 Å². The molecular weight excluding hydrogens is 346 g/mol. The quantitative estimate of drug-likeness (QED) is 0.686. The fourth-order valence-corrected chi connectivity index (χ4v) is 2.84. The van der Waals surface area contributed by atoms with Crippen molar-refractivity contribution in [3.8, 4) is 17.4 Å². The number of hydrogen-bond donors (Lipinski definition) is 0. The minimum Gasteiger partial charge on any atom is -0.491 e. The summed E-state index contributed by atoms with van der Waals surface area (Å²) < 4.78 is 10.9. The van der Waals surface area contributed by atoms with Crippen LogP contribution in [0.1, 0.15) is 36.0 Å². The molecule has 1 aliphatic heterocycles. The molecule has 0 saturated carbocycles. The van der Waals surface area contributed by atoms with Crippen LogP contribution in [-0.2, 0) is 0 Å². The summed E-state index contributed by atoms with van der Waals surface area (Å²) in [5, 5.41) is 3.92. The average molecular weight is 365 g/mol. The first-order chi connectivity index (χ1) is 13.1. The van der Waals surface area contributed by atoms with E-state index in [1.165, 1.54) is 0 Å². The van der Waals surface area contributed by atoms with Crippen molar-refractivity contribution in [2.75, 3.05) is 13.1 Å². The SMILES string of the molecule is CC(C)Oc1ccc(C(=O)N2CC(c3nc(-c4ncccn4)no3)C2)cc1. The number of carbonyl (C=O) groups is 1. The van der Waals surface area contributed by atoms with Gasteiger partial charge in [-0.3, -0.25) is 4.79 Å². The lowest BCUT2D eigenvalue weighted by molar-refractivity contribution is 0.0569. The monoisotopic (exact) mass is 365 g/mol. The molecule has 0 spiro atoms. The molecular formula is C19H19N5O3. The summed E-state index contributed by atoms with van der Waals surface area (Å²) in [6.07, 6.45) is 3.35. The van der Waals surface area contributed by atoms with Gasteiger partial charge in [-0.1, -0.05) is 5.16 Å². The zero-order valence-electron chi connectivity index (χ0n) is 15.1. The molecule has 1 aromatic carbocycles. The van der Waals surface area contributed by atoms with Crippen LogP contribution in [0.3, 0.4) is 0 Å². The highest BCUT2D eigenvalue weighted by molar-refractivity contribution is 5.95. The van der Waals surface area contributed by atoms with E-state index in [0.717, 1.165) is 5.75 Å². The van der Waals surface area contributed by atoms with E-state index in [-0.39, 0.29) is 17.9 Å². The molecule has 1 saturated heterocycles. The largest absolute Gasteiger partial charge is 0.491 e. The van der Waals surface area contributed by atoms with Gasteiger partial charge in [0.05, 0.1) is 12.0 Å². The third kappa shape index (κ3) is 3.64. The molecule has 1 amide bonds. The molecule has 0 aliphatic carbocycles. The minimum absolute atomic E-state index is 0.0199. The van der Waals surface area contributed by atoms with Gasteiger partial charge >= 0.3 is 0 Å². The molecule has 3 heterocycles. The van der Waals surface area contributed by atoms with Gasteiger partial charge in [0, 0.05) is 31.0 Å². The molecule has 8 nitrogen and oxygen atoms in total. The molecule has 3 aromatic rings. The lowest BCUT2D eigenvalue weighted by Gasteiger charge is -2.37. The first kappa shape index (κ1) is 17.1. The van der Waals surface area contributed by atoms with Crippen molar-refractivity contribution in [3.05, 3.63) is 54.2 Å². The zero-order chi connectivity index (χ0) is 18.8. The Morgan fingerprint density at radius 3 is 2.52 bits per heavy atom. The van der Waals surface area contributed by atoms with E-state index in [2.05, 4.69) is 20.1 Å². The normalized spacial score (nSPS) is 14.3. The highest BCUT2D eigenvalue weighted by Gasteiger charge is 2.36. The van der Waals surface area contributed by atoms with Gasteiger partial charge in [0.2, 0.25) is 17.5 Å². The van der Waals surface area contributed by atoms with Gasteiger partial charge in [-0.15, -0.1) is 0 Å². The Morgan fingerprint density at radius 2 is 1.85 bits per heavy atom. The van der Waals surface area contributed by atoms with Gasteiger partial charge in [0.25, 0.3) is 5.91 Å². The Balaban J connectivity index is 1.36. The van der Waals surface area contributed by atoms with Gasteiger partial charge in [-0.05, 0) is 44.2 Å². The van der Waals surface area contributed by atoms with Crippen LogP contribution in [0.5, 0.6) is 5.75 Å². The molecule has 8 heteroatoms. The summed E-state index contributed by atoms with van der Waals surface area (Å²) in [5.74, 6) is 2.04. The molecule has 2 aromatic heterocycles. The lowest BCUT2D eigenvalue weighted by atomic mass is 9.99. The number of carbonyl (C=O) groups excluding carboxylic acids is 1. The van der Waals surface area contributed by atoms with Crippen LogP contribution in [0.15, 0.2) is 47.2 Å². The van der Waals surface area contributed by atoms with Crippen LogP contribution < -0.4 is 4.74 Å². The summed E-state index contributed by atoms with van der Waals surface area (Å²) >= 11 is 0. The Bertz CT molecular complexity index is 918. The van der Waals surface area contributed by atoms with Crippen LogP contribution in [0.25, 0.3) is 11.6 Å². The number of hydrogen-bond acceptors (Lipinski definition) is 7. The van der Waals surface area contributed by atoms with Crippen LogP contribution in [0.2, 0.25) is 0 Å². The second-order valence-corrected chi connectivity index (χ2v) is 6.63. The van der Waals surface area contributed by atoms with E-state index in [0.29, 0.717) is 36.2 Å². The standard InChI is InChI=1S/C19H19N5O3/c1-12(2)26-15-6-4-13(5-7-15)19(25)24-10-14(11-24)18-22-17(23-27-18)16-20-8-3-9-21-16/h3-9,12,14H,10-11H2,1-2H3. The summed E-state index contributed by atoms with van der Waals surface area (Å²) in [5.41, 5.74) is 0.633. The third-order valence-electron chi connectivity index (χ3n) is 4.20. The number of nitrogens with zero attached hydrogens (tertiary/aromatic N) is 5. The van der Waals surface area contributed by atoms with Gasteiger partial charge in [0.1, 0.15) is 5.75 Å². The maximum absolute atomic E-state index is 12.6. The smallest absolute Gasteiger partial charge is 0.253 e. The maximum atomic E-state index is 12.6. The highest BCUT2D eigenvalue weighted by Crippen LogP contribution is 2.28. The number of amides is 1. The van der Waals surface area contributed by atoms with Crippen LogP contribution in [0, 0.1) is 0 Å². The van der Waals surface area contributed by atoms with E-state index in [4.69, 9.17) is 9.26 Å². The van der Waals surface area contributed by atoms with Crippen LogP contribution in [-0.4, -0.2) is 50.1 Å². The molecule has 0 bridgehead atoms. The second kappa shape index (κ2) is 7.14. The highest BCUT2D eigenvalue weighted by atomic mass is 16.5. The van der Waals surface area contributed by atoms with Crippen LogP contribution in [0.4, 0.5) is 0 Å². The van der Waals surface area contributed by atoms with Crippen molar-refractivity contribution in [2.24, 2.45) is 0 Å². The summed E-state index contributed by atoms with van der Waals surface area (Å²) in [7, 11) is 0. The van der Waals surface area contributed by atoms with Gasteiger partial charge in [-0.2, -0.15) is 4.98 Å². The van der Waals surface area contributed by atoms with Gasteiger partial charge < -0.3 is 14.2 Å². The molecule has 1 aliphatic rings. The Kier molecular flexibility index (Phi) is 4.53. The predicted octanol–water partition coefficient (Wildman–Crippen LogP) is 2.55. The van der Waals surface area contributed by atoms with Crippen LogP contribution >= 0.6 is 0 Å². The van der Waals surface area contributed by atoms with Crippen molar-refractivity contribution in [3.63, 3.8) is 0 Å². The van der Waals surface area contributed by atoms with Crippen molar-refractivity contribution in [1.29, 1.82) is 0 Å². The zero-order valence-corrected chi connectivity index (χ0v) is 15.1. The first-order valence-electron chi connectivity index (χ1n) is 8.77. The molecule has 4 rings (SSSR count). The first-order valence-corrected chi connectivity index (χ1v) is 8.77. The molecule has 0 unspecified atom stereocenters. The molecule has 1 fully saturated rings. The topological polar surface area (TPSA) is 94.2 Å². The molecule has 138 valence electrons. The van der Waals surface area contributed by atoms with Crippen molar-refractivity contribution in [1.82, 2.24) is 25.0 Å². The fraction of sp³-hybridized carbons (Fsp3) is 0.316. The minimum atomic E-state index is -0.0199. The molecule has 27 heavy (non-hydrogen) atoms. The molecule has 0 radical (unpaired) electrons. The molecule has 0 atom stereocenters. The van der Waals surface area contributed by atoms with E-state index in [1.54, 1.807) is 35.5 Å². The Labute approximate surface area is 156 Å². The Morgan fingerprint density at radius 1 is 1.15 bits per heavy atom. The third-order valence-corrected chi connectivity index (χ3v) is 4.20. The lowest BCUT2D eigenvalue weighted by Crippen LogP contribution is -2.48. The Hall–Kier alpha value is -3.29. The summed E-state index contributed by atoms with van der Waals surface area (Å²) in [6.45, 7) is 5.01. The van der Waals surface area contributed by atoms with Crippen molar-refractivity contribution < 1.29 is 14.1 Å². The fourth-order valence-electron chi connectivity index (χ4n) is 2.84. The van der Waals surface area contributed by atoms with Crippen molar-refractivity contribution >= 4 is 5.91 Å². The van der Waals surface area contributed by atoms with E-state index >= 15 is 0 Å². The van der Waals surface area contributed by atoms with Crippen molar-refractivity contribution in [2.45, 2.75) is 25.9 Å². The maximum Gasteiger partial charge on any atom is 0.253 e. The number of rotatable bonds is 5. The molecule has 0 N–H and O–H groups in total. The van der Waals surface area contributed by atoms with Gasteiger partial charge in [0.15, 0.2) is 0 Å². The van der Waals surface area contributed by atoms with Gasteiger partial charge in [-0.25, -0.2) is 9.97 Å². The van der Waals surface area contributed by atoms with E-state index < -0.39 is 0 Å². The number of aromatic nitrogens is 4.